The topological polar surface area (TPSA) is 0 Å². The van der Waals surface area contributed by atoms with Crippen molar-refractivity contribution >= 4 is 34.0 Å². The molecular weight excluding hydrogens is 343 g/mol. The Labute approximate surface area is 144 Å². The Morgan fingerprint density at radius 2 is 0.950 bits per heavy atom. The number of hydrogen-bond donors (Lipinski definition) is 0. The smallest absolute Gasteiger partial charge is 0.168 e. The standard InChI is InChI=1S/2C9H7.ClH.Zr/c2*1-2-5-9-7-3-6-8(9)4-1;;/h2*1-7H;1H;/q2*-1;;+2. The zero-order valence-electron chi connectivity index (χ0n) is 11.0. The monoisotopic (exact) mass is 356 g/mol. The second-order valence-electron chi connectivity index (χ2n) is 4.31. The third-order valence-electron chi connectivity index (χ3n) is 3.10. The van der Waals surface area contributed by atoms with E-state index in [9.17, 15) is 0 Å². The van der Waals surface area contributed by atoms with Gasteiger partial charge in [0.15, 0.2) is 0 Å². The second kappa shape index (κ2) is 8.19. The van der Waals surface area contributed by atoms with Crippen LogP contribution in [0.2, 0.25) is 0 Å². The van der Waals surface area contributed by atoms with E-state index in [-0.39, 0.29) is 38.6 Å². The van der Waals surface area contributed by atoms with E-state index in [2.05, 4.69) is 84.9 Å². The molecule has 0 aliphatic rings. The van der Waals surface area contributed by atoms with E-state index in [4.69, 9.17) is 0 Å². The van der Waals surface area contributed by atoms with Gasteiger partial charge in [-0.1, -0.05) is 12.1 Å². The minimum atomic E-state index is 0. The fraction of sp³-hybridized carbons (Fsp3) is 0. The maximum atomic E-state index is 2.12. The first-order chi connectivity index (χ1) is 8.93. The van der Waals surface area contributed by atoms with Gasteiger partial charge in [-0.25, -0.2) is 0 Å². The van der Waals surface area contributed by atoms with Crippen LogP contribution in [-0.2, 0) is 26.2 Å². The van der Waals surface area contributed by atoms with Crippen LogP contribution in [-0.4, -0.2) is 0 Å². The minimum absolute atomic E-state index is 0. The van der Waals surface area contributed by atoms with Crippen molar-refractivity contribution in [1.82, 2.24) is 0 Å². The molecule has 0 saturated heterocycles. The molecule has 4 aromatic carbocycles. The normalized spacial score (nSPS) is 9.20. The molecule has 0 atom stereocenters. The minimum Gasteiger partial charge on any atom is -0.168 e. The summed E-state index contributed by atoms with van der Waals surface area (Å²) < 4.78 is 0. The molecule has 0 aliphatic carbocycles. The molecule has 0 unspecified atom stereocenters. The largest absolute Gasteiger partial charge is 2.00 e. The van der Waals surface area contributed by atoms with Crippen molar-refractivity contribution in [2.24, 2.45) is 0 Å². The Hall–Kier alpha value is -1.17. The number of halogens is 1. The average Bonchev–Trinajstić information content (AvgIpc) is 3.08. The summed E-state index contributed by atoms with van der Waals surface area (Å²) in [5.41, 5.74) is 0. The van der Waals surface area contributed by atoms with Gasteiger partial charge in [-0.05, 0) is 0 Å². The van der Waals surface area contributed by atoms with Crippen molar-refractivity contribution in [1.29, 1.82) is 0 Å². The van der Waals surface area contributed by atoms with Gasteiger partial charge in [0.05, 0.1) is 0 Å². The van der Waals surface area contributed by atoms with Gasteiger partial charge in [-0.2, -0.15) is 35.0 Å². The molecule has 0 fully saturated rings. The number of rotatable bonds is 0. The van der Waals surface area contributed by atoms with Crippen molar-refractivity contribution in [3.63, 3.8) is 0 Å². The van der Waals surface area contributed by atoms with Crippen molar-refractivity contribution in [2.45, 2.75) is 0 Å². The van der Waals surface area contributed by atoms with E-state index in [0.29, 0.717) is 0 Å². The third-order valence-corrected chi connectivity index (χ3v) is 3.10. The van der Waals surface area contributed by atoms with Crippen molar-refractivity contribution < 1.29 is 26.2 Å². The van der Waals surface area contributed by atoms with Gasteiger partial charge in [0.2, 0.25) is 0 Å². The fourth-order valence-corrected chi connectivity index (χ4v) is 2.14. The van der Waals surface area contributed by atoms with Crippen LogP contribution in [0.4, 0.5) is 0 Å². The maximum Gasteiger partial charge on any atom is 2.00 e. The molecule has 0 amide bonds. The first-order valence-corrected chi connectivity index (χ1v) is 6.14. The van der Waals surface area contributed by atoms with E-state index < -0.39 is 0 Å². The van der Waals surface area contributed by atoms with Gasteiger partial charge in [0.1, 0.15) is 0 Å². The predicted octanol–water partition coefficient (Wildman–Crippen LogP) is 5.54. The van der Waals surface area contributed by atoms with Crippen LogP contribution in [0.5, 0.6) is 0 Å². The van der Waals surface area contributed by atoms with Crippen molar-refractivity contribution in [3.05, 3.63) is 84.9 Å². The number of fused-ring (bicyclic) bond motifs is 2. The Kier molecular flexibility index (Phi) is 6.92. The zero-order valence-corrected chi connectivity index (χ0v) is 14.3. The average molecular weight is 358 g/mol. The number of hydrogen-bond acceptors (Lipinski definition) is 0. The van der Waals surface area contributed by atoms with Gasteiger partial charge in [0, 0.05) is 0 Å². The van der Waals surface area contributed by atoms with E-state index in [1.54, 1.807) is 0 Å². The van der Waals surface area contributed by atoms with Crippen LogP contribution >= 0.6 is 12.4 Å². The molecule has 0 aliphatic heterocycles. The van der Waals surface area contributed by atoms with E-state index in [0.717, 1.165) is 0 Å². The molecule has 0 bridgehead atoms. The molecule has 20 heavy (non-hydrogen) atoms. The van der Waals surface area contributed by atoms with Gasteiger partial charge >= 0.3 is 26.2 Å². The Morgan fingerprint density at radius 1 is 0.550 bits per heavy atom. The van der Waals surface area contributed by atoms with Crippen LogP contribution in [0.1, 0.15) is 0 Å². The van der Waals surface area contributed by atoms with Gasteiger partial charge < -0.3 is 0 Å². The Bertz CT molecular complexity index is 625. The third kappa shape index (κ3) is 3.91. The Morgan fingerprint density at radius 3 is 1.35 bits per heavy atom. The summed E-state index contributed by atoms with van der Waals surface area (Å²) in [6, 6.07) is 29.3. The maximum absolute atomic E-state index is 2.12. The zero-order chi connectivity index (χ0) is 12.2. The molecule has 0 nitrogen and oxygen atoms in total. The molecule has 0 saturated carbocycles. The summed E-state index contributed by atoms with van der Waals surface area (Å²) in [7, 11) is 0. The predicted molar refractivity (Wildman–Crippen MR) is 86.3 cm³/mol. The van der Waals surface area contributed by atoms with Crippen LogP contribution in [0.25, 0.3) is 21.5 Å². The first kappa shape index (κ1) is 16.9. The van der Waals surface area contributed by atoms with Crippen LogP contribution < -0.4 is 0 Å². The SMILES string of the molecule is Cl.[Zr+2].c1ccc2[cH-]ccc2c1.c1ccc2[cH-]ccc2c1. The van der Waals surface area contributed by atoms with E-state index in [1.165, 1.54) is 21.5 Å². The van der Waals surface area contributed by atoms with Crippen LogP contribution in [0.3, 0.4) is 0 Å². The van der Waals surface area contributed by atoms with E-state index >= 15 is 0 Å². The molecular formula is C18H15ClZr. The summed E-state index contributed by atoms with van der Waals surface area (Å²) in [4.78, 5) is 0. The molecule has 98 valence electrons. The van der Waals surface area contributed by atoms with Crippen LogP contribution in [0.15, 0.2) is 84.9 Å². The van der Waals surface area contributed by atoms with Crippen molar-refractivity contribution in [3.8, 4) is 0 Å². The van der Waals surface area contributed by atoms with Gasteiger partial charge in [0.25, 0.3) is 0 Å². The fourth-order valence-electron chi connectivity index (χ4n) is 2.14. The molecule has 0 spiro atoms. The van der Waals surface area contributed by atoms with E-state index in [1.807, 2.05) is 0 Å². The molecule has 2 heteroatoms. The molecule has 4 rings (SSSR count). The summed E-state index contributed by atoms with van der Waals surface area (Å²) in [5.74, 6) is 0. The molecule has 0 N–H and O–H groups in total. The summed E-state index contributed by atoms with van der Waals surface area (Å²) >= 11 is 0. The molecule has 4 aromatic rings. The van der Waals surface area contributed by atoms with Crippen LogP contribution in [0, 0.1) is 0 Å². The van der Waals surface area contributed by atoms with Gasteiger partial charge in [-0.15, -0.1) is 71.7 Å². The Balaban J connectivity index is 0.000000182. The number of benzene rings is 2. The summed E-state index contributed by atoms with van der Waals surface area (Å²) in [6.07, 6.45) is 0. The second-order valence-corrected chi connectivity index (χ2v) is 4.31. The quantitative estimate of drug-likeness (QED) is 0.362. The molecule has 0 aromatic heterocycles. The first-order valence-electron chi connectivity index (χ1n) is 6.14. The summed E-state index contributed by atoms with van der Waals surface area (Å²) in [5, 5.41) is 5.32. The molecule has 0 heterocycles. The van der Waals surface area contributed by atoms with Gasteiger partial charge in [-0.3, -0.25) is 0 Å². The molecule has 0 radical (unpaired) electrons. The van der Waals surface area contributed by atoms with Crippen molar-refractivity contribution in [2.75, 3.05) is 0 Å². The summed E-state index contributed by atoms with van der Waals surface area (Å²) in [6.45, 7) is 0.